The molecular weight excluding hydrogens is 286 g/mol. The van der Waals surface area contributed by atoms with Crippen molar-refractivity contribution >= 4 is 16.9 Å². The minimum absolute atomic E-state index is 0.0808. The van der Waals surface area contributed by atoms with Crippen LogP contribution in [0.1, 0.15) is 27.0 Å². The molecule has 1 aliphatic rings. The number of hydrogen-bond donors (Lipinski definition) is 1. The first-order chi connectivity index (χ1) is 11.3. The maximum absolute atomic E-state index is 12.9. The monoisotopic (exact) mass is 299 g/mol. The van der Waals surface area contributed by atoms with Gasteiger partial charge < -0.3 is 5.11 Å². The molecule has 3 aromatic rings. The Hall–Kier alpha value is -3.20. The lowest BCUT2D eigenvalue weighted by atomic mass is 9.95. The highest BCUT2D eigenvalue weighted by molar-refractivity contribution is 6.41. The van der Waals surface area contributed by atoms with Crippen molar-refractivity contribution in [3.8, 4) is 5.75 Å². The van der Waals surface area contributed by atoms with Gasteiger partial charge in [-0.15, -0.1) is 0 Å². The molecule has 0 bridgehead atoms. The average Bonchev–Trinajstić information content (AvgIpc) is 2.89. The number of phenolic OH excluding ortho intramolecular Hbond substituents is 1. The molecule has 0 atom stereocenters. The van der Waals surface area contributed by atoms with Crippen molar-refractivity contribution in [3.63, 3.8) is 0 Å². The molecule has 4 rings (SSSR count). The van der Waals surface area contributed by atoms with Gasteiger partial charge in [-0.25, -0.2) is 0 Å². The predicted molar refractivity (Wildman–Crippen MR) is 89.0 cm³/mol. The molecule has 3 nitrogen and oxygen atoms in total. The van der Waals surface area contributed by atoms with Crippen molar-refractivity contribution in [2.75, 3.05) is 0 Å². The van der Waals surface area contributed by atoms with E-state index < -0.39 is 0 Å². The summed E-state index contributed by atoms with van der Waals surface area (Å²) in [5.74, 6) is 0.0136. The number of carbonyl (C=O) groups excluding carboxylic acids is 1. The van der Waals surface area contributed by atoms with Crippen LogP contribution in [0.3, 0.4) is 0 Å². The van der Waals surface area contributed by atoms with Gasteiger partial charge in [-0.1, -0.05) is 36.4 Å². The second-order valence-electron chi connectivity index (χ2n) is 5.42. The van der Waals surface area contributed by atoms with E-state index in [0.29, 0.717) is 11.1 Å². The van der Waals surface area contributed by atoms with Crippen molar-refractivity contribution in [1.29, 1.82) is 0 Å². The average molecular weight is 299 g/mol. The van der Waals surface area contributed by atoms with Gasteiger partial charge in [-0.05, 0) is 35.4 Å². The highest BCUT2D eigenvalue weighted by Crippen LogP contribution is 2.42. The number of benzene rings is 2. The Bertz CT molecular complexity index is 928. The molecule has 3 heteroatoms. The van der Waals surface area contributed by atoms with Crippen LogP contribution >= 0.6 is 0 Å². The van der Waals surface area contributed by atoms with Gasteiger partial charge in [-0.3, -0.25) is 9.78 Å². The van der Waals surface area contributed by atoms with Crippen LogP contribution in [0.2, 0.25) is 0 Å². The molecule has 2 aromatic carbocycles. The van der Waals surface area contributed by atoms with E-state index in [9.17, 15) is 9.90 Å². The van der Waals surface area contributed by atoms with Crippen LogP contribution in [0.25, 0.3) is 11.1 Å². The molecule has 23 heavy (non-hydrogen) atoms. The summed E-state index contributed by atoms with van der Waals surface area (Å²) in [5, 5.41) is 9.74. The quantitative estimate of drug-likeness (QED) is 0.779. The summed E-state index contributed by atoms with van der Waals surface area (Å²) >= 11 is 0. The highest BCUT2D eigenvalue weighted by Gasteiger charge is 2.31. The molecule has 0 aliphatic heterocycles. The Balaban J connectivity index is 2.04. The molecule has 1 aromatic heterocycles. The van der Waals surface area contributed by atoms with Gasteiger partial charge in [0.05, 0.1) is 0 Å². The van der Waals surface area contributed by atoms with E-state index in [1.165, 1.54) is 6.07 Å². The second kappa shape index (κ2) is 5.21. The van der Waals surface area contributed by atoms with Gasteiger partial charge >= 0.3 is 0 Å². The van der Waals surface area contributed by atoms with Crippen LogP contribution in [0.15, 0.2) is 73.1 Å². The number of phenols is 1. The third-order valence-electron chi connectivity index (χ3n) is 4.01. The SMILES string of the molecule is O=C1C(c2cccnc2)=C(c2ccccc2)c2ccc(O)cc21. The van der Waals surface area contributed by atoms with Crippen LogP contribution in [0.4, 0.5) is 0 Å². The van der Waals surface area contributed by atoms with Crippen LogP contribution < -0.4 is 0 Å². The third-order valence-corrected chi connectivity index (χ3v) is 4.01. The van der Waals surface area contributed by atoms with E-state index in [1.54, 1.807) is 24.5 Å². The normalized spacial score (nSPS) is 13.3. The Morgan fingerprint density at radius 2 is 1.57 bits per heavy atom. The first-order valence-corrected chi connectivity index (χ1v) is 7.34. The Morgan fingerprint density at radius 3 is 2.30 bits per heavy atom. The first kappa shape index (κ1) is 13.5. The van der Waals surface area contributed by atoms with Gasteiger partial charge in [0, 0.05) is 34.7 Å². The standard InChI is InChI=1S/C20H13NO2/c22-15-8-9-16-17(11-15)20(23)19(14-7-4-10-21-12-14)18(16)13-5-2-1-3-6-13/h1-12,22H. The van der Waals surface area contributed by atoms with E-state index in [0.717, 1.165) is 22.3 Å². The maximum Gasteiger partial charge on any atom is 0.195 e. The van der Waals surface area contributed by atoms with E-state index in [4.69, 9.17) is 0 Å². The summed E-state index contributed by atoms with van der Waals surface area (Å²) in [6.07, 6.45) is 3.38. The number of fused-ring (bicyclic) bond motifs is 1. The van der Waals surface area contributed by atoms with Crippen LogP contribution in [0, 0.1) is 0 Å². The summed E-state index contributed by atoms with van der Waals surface area (Å²) in [6, 6.07) is 18.5. The number of aromatic nitrogens is 1. The number of pyridine rings is 1. The molecular formula is C20H13NO2. The van der Waals surface area contributed by atoms with Gasteiger partial charge in [0.1, 0.15) is 5.75 Å². The Morgan fingerprint density at radius 1 is 0.783 bits per heavy atom. The number of carbonyl (C=O) groups is 1. The number of allylic oxidation sites excluding steroid dienone is 1. The highest BCUT2D eigenvalue weighted by atomic mass is 16.3. The number of nitrogens with zero attached hydrogens (tertiary/aromatic N) is 1. The number of rotatable bonds is 2. The van der Waals surface area contributed by atoms with Crippen molar-refractivity contribution in [1.82, 2.24) is 4.98 Å². The van der Waals surface area contributed by atoms with Gasteiger partial charge in [0.15, 0.2) is 5.78 Å². The molecule has 0 amide bonds. The van der Waals surface area contributed by atoms with Gasteiger partial charge in [0.25, 0.3) is 0 Å². The number of Topliss-reactive ketones (excluding diaryl/α,β-unsaturated/α-hetero) is 1. The minimum atomic E-state index is -0.0808. The lowest BCUT2D eigenvalue weighted by molar-refractivity contribution is 0.105. The van der Waals surface area contributed by atoms with Crippen molar-refractivity contribution in [2.24, 2.45) is 0 Å². The topological polar surface area (TPSA) is 50.2 Å². The lowest BCUT2D eigenvalue weighted by Crippen LogP contribution is -1.98. The van der Waals surface area contributed by atoms with Gasteiger partial charge in [0.2, 0.25) is 0 Å². The molecule has 1 N–H and O–H groups in total. The van der Waals surface area contributed by atoms with Crippen molar-refractivity contribution in [3.05, 3.63) is 95.3 Å². The number of ketones is 1. The zero-order chi connectivity index (χ0) is 15.8. The molecule has 110 valence electrons. The molecule has 0 unspecified atom stereocenters. The summed E-state index contributed by atoms with van der Waals surface area (Å²) < 4.78 is 0. The van der Waals surface area contributed by atoms with E-state index >= 15 is 0 Å². The third kappa shape index (κ3) is 2.14. The summed E-state index contributed by atoms with van der Waals surface area (Å²) in [6.45, 7) is 0. The molecule has 1 aliphatic carbocycles. The number of hydrogen-bond acceptors (Lipinski definition) is 3. The summed E-state index contributed by atoms with van der Waals surface area (Å²) in [7, 11) is 0. The summed E-state index contributed by atoms with van der Waals surface area (Å²) in [4.78, 5) is 17.1. The van der Waals surface area contributed by atoms with E-state index in [-0.39, 0.29) is 11.5 Å². The maximum atomic E-state index is 12.9. The van der Waals surface area contributed by atoms with Crippen LogP contribution in [-0.4, -0.2) is 15.9 Å². The molecule has 0 saturated carbocycles. The van der Waals surface area contributed by atoms with Crippen LogP contribution in [-0.2, 0) is 0 Å². The van der Waals surface area contributed by atoms with Crippen LogP contribution in [0.5, 0.6) is 5.75 Å². The molecule has 0 saturated heterocycles. The van der Waals surface area contributed by atoms with E-state index in [1.807, 2.05) is 42.5 Å². The Kier molecular flexibility index (Phi) is 3.05. The van der Waals surface area contributed by atoms with Crippen molar-refractivity contribution in [2.45, 2.75) is 0 Å². The largest absolute Gasteiger partial charge is 0.508 e. The van der Waals surface area contributed by atoms with E-state index in [2.05, 4.69) is 4.98 Å². The molecule has 1 heterocycles. The zero-order valence-electron chi connectivity index (χ0n) is 12.2. The van der Waals surface area contributed by atoms with Crippen molar-refractivity contribution < 1.29 is 9.90 Å². The predicted octanol–water partition coefficient (Wildman–Crippen LogP) is 3.94. The molecule has 0 radical (unpaired) electrons. The fraction of sp³-hybridized carbons (Fsp3) is 0. The first-order valence-electron chi connectivity index (χ1n) is 7.34. The lowest BCUT2D eigenvalue weighted by Gasteiger charge is -2.08. The van der Waals surface area contributed by atoms with Gasteiger partial charge in [-0.2, -0.15) is 0 Å². The molecule has 0 fully saturated rings. The molecule has 0 spiro atoms. The fourth-order valence-electron chi connectivity index (χ4n) is 3.01. The number of aromatic hydroxyl groups is 1. The fourth-order valence-corrected chi connectivity index (χ4v) is 3.01. The zero-order valence-corrected chi connectivity index (χ0v) is 12.2. The Labute approximate surface area is 133 Å². The summed E-state index contributed by atoms with van der Waals surface area (Å²) in [5.41, 5.74) is 4.65. The second-order valence-corrected chi connectivity index (χ2v) is 5.42. The smallest absolute Gasteiger partial charge is 0.195 e. The minimum Gasteiger partial charge on any atom is -0.508 e.